The Morgan fingerprint density at radius 3 is 2.56 bits per heavy atom. The van der Waals surface area contributed by atoms with Crippen molar-refractivity contribution in [3.63, 3.8) is 0 Å². The Morgan fingerprint density at radius 1 is 1.08 bits per heavy atom. The fourth-order valence-electron chi connectivity index (χ4n) is 5.57. The smallest absolute Gasteiger partial charge is 0.291 e. The van der Waals surface area contributed by atoms with Crippen molar-refractivity contribution in [1.29, 1.82) is 0 Å². The van der Waals surface area contributed by atoms with Crippen LogP contribution in [0.3, 0.4) is 0 Å². The molecule has 0 radical (unpaired) electrons. The average molecular weight is 491 g/mol. The molecule has 2 aromatic carbocycles. The zero-order chi connectivity index (χ0) is 25.4. The van der Waals surface area contributed by atoms with Crippen LogP contribution in [-0.2, 0) is 17.9 Å². The number of para-hydroxylation sites is 3. The van der Waals surface area contributed by atoms with Gasteiger partial charge in [-0.15, -0.1) is 0 Å². The number of hydrogen-bond acceptors (Lipinski definition) is 5. The van der Waals surface area contributed by atoms with E-state index >= 15 is 0 Å². The Bertz CT molecular complexity index is 1290. The van der Waals surface area contributed by atoms with E-state index in [0.29, 0.717) is 29.8 Å². The minimum absolute atomic E-state index is 0.120. The van der Waals surface area contributed by atoms with Gasteiger partial charge < -0.3 is 24.3 Å². The molecule has 36 heavy (non-hydrogen) atoms. The van der Waals surface area contributed by atoms with Crippen LogP contribution in [0.25, 0.3) is 11.0 Å². The molecule has 0 bridgehead atoms. The Kier molecular flexibility index (Phi) is 6.36. The van der Waals surface area contributed by atoms with Gasteiger partial charge in [0.2, 0.25) is 5.91 Å². The SMILES string of the molecule is COc1cccc(CN2C(=O)c3nc4ccccc4n3C[C@]2(C)C(=O)NC2CCC(C)CC2)c1OC. The topological polar surface area (TPSA) is 85.7 Å². The summed E-state index contributed by atoms with van der Waals surface area (Å²) in [7, 11) is 3.16. The van der Waals surface area contributed by atoms with Crippen LogP contribution in [-0.4, -0.2) is 52.1 Å². The number of nitrogens with one attached hydrogen (secondary N) is 1. The van der Waals surface area contributed by atoms with Crippen molar-refractivity contribution in [2.24, 2.45) is 5.92 Å². The van der Waals surface area contributed by atoms with Gasteiger partial charge >= 0.3 is 0 Å². The van der Waals surface area contributed by atoms with Crippen LogP contribution in [0.1, 0.15) is 55.7 Å². The van der Waals surface area contributed by atoms with Gasteiger partial charge in [0.15, 0.2) is 17.3 Å². The number of nitrogens with zero attached hydrogens (tertiary/aromatic N) is 3. The lowest BCUT2D eigenvalue weighted by molar-refractivity contribution is -0.134. The van der Waals surface area contributed by atoms with E-state index in [1.165, 1.54) is 0 Å². The number of carbonyl (C=O) groups is 2. The molecule has 2 aliphatic rings. The second-order valence-corrected chi connectivity index (χ2v) is 10.3. The van der Waals surface area contributed by atoms with E-state index < -0.39 is 5.54 Å². The molecule has 2 amide bonds. The van der Waals surface area contributed by atoms with Gasteiger partial charge in [0.25, 0.3) is 5.91 Å². The second-order valence-electron chi connectivity index (χ2n) is 10.3. The summed E-state index contributed by atoms with van der Waals surface area (Å²) in [6.45, 7) is 4.62. The van der Waals surface area contributed by atoms with Crippen LogP contribution < -0.4 is 14.8 Å². The summed E-state index contributed by atoms with van der Waals surface area (Å²) in [5.41, 5.74) is 1.24. The van der Waals surface area contributed by atoms with Crippen LogP contribution >= 0.6 is 0 Å². The molecular formula is C28H34N4O4. The number of hydrogen-bond donors (Lipinski definition) is 1. The number of benzene rings is 2. The first kappa shape index (κ1) is 24.2. The van der Waals surface area contributed by atoms with Crippen LogP contribution in [0.2, 0.25) is 0 Å². The highest BCUT2D eigenvalue weighted by Gasteiger charge is 2.49. The summed E-state index contributed by atoms with van der Waals surface area (Å²) in [4.78, 5) is 34.2. The number of carbonyl (C=O) groups excluding carboxylic acids is 2. The van der Waals surface area contributed by atoms with Crippen LogP contribution in [0.5, 0.6) is 11.5 Å². The summed E-state index contributed by atoms with van der Waals surface area (Å²) < 4.78 is 13.0. The van der Waals surface area contributed by atoms with Gasteiger partial charge in [0.1, 0.15) is 5.54 Å². The molecule has 0 saturated heterocycles. The Labute approximate surface area is 211 Å². The maximum absolute atomic E-state index is 14.0. The summed E-state index contributed by atoms with van der Waals surface area (Å²) in [6.07, 6.45) is 4.11. The number of methoxy groups -OCH3 is 2. The Balaban J connectivity index is 1.55. The molecule has 1 aromatic heterocycles. The van der Waals surface area contributed by atoms with Crippen molar-refractivity contribution in [2.45, 2.75) is 64.2 Å². The highest BCUT2D eigenvalue weighted by molar-refractivity contribution is 6.01. The fourth-order valence-corrected chi connectivity index (χ4v) is 5.57. The maximum atomic E-state index is 14.0. The largest absolute Gasteiger partial charge is 0.493 e. The van der Waals surface area contributed by atoms with Gasteiger partial charge in [-0.1, -0.05) is 31.2 Å². The molecule has 3 aromatic rings. The van der Waals surface area contributed by atoms with Gasteiger partial charge in [-0.25, -0.2) is 4.98 Å². The molecule has 2 heterocycles. The highest BCUT2D eigenvalue weighted by Crippen LogP contribution is 2.37. The second kappa shape index (κ2) is 9.48. The number of fused-ring (bicyclic) bond motifs is 3. The third kappa shape index (κ3) is 4.08. The molecule has 1 saturated carbocycles. The van der Waals surface area contributed by atoms with E-state index in [4.69, 9.17) is 9.47 Å². The zero-order valence-electron chi connectivity index (χ0n) is 21.4. The number of ether oxygens (including phenoxy) is 2. The molecule has 1 aliphatic heterocycles. The van der Waals surface area contributed by atoms with Gasteiger partial charge in [-0.05, 0) is 56.7 Å². The molecule has 1 aliphatic carbocycles. The predicted octanol–water partition coefficient (Wildman–Crippen LogP) is 4.16. The third-order valence-corrected chi connectivity index (χ3v) is 7.81. The minimum Gasteiger partial charge on any atom is -0.493 e. The highest BCUT2D eigenvalue weighted by atomic mass is 16.5. The molecule has 0 spiro atoms. The van der Waals surface area contributed by atoms with E-state index in [-0.39, 0.29) is 24.4 Å². The Hall–Kier alpha value is -3.55. The molecule has 1 N–H and O–H groups in total. The lowest BCUT2D eigenvalue weighted by atomic mass is 9.86. The van der Waals surface area contributed by atoms with Crippen molar-refractivity contribution in [1.82, 2.24) is 19.8 Å². The number of aromatic nitrogens is 2. The third-order valence-electron chi connectivity index (χ3n) is 7.81. The summed E-state index contributed by atoms with van der Waals surface area (Å²) in [6, 6.07) is 13.4. The molecule has 8 heteroatoms. The zero-order valence-corrected chi connectivity index (χ0v) is 21.4. The van der Waals surface area contributed by atoms with E-state index in [1.807, 2.05) is 54.0 Å². The fraction of sp³-hybridized carbons (Fsp3) is 0.464. The summed E-state index contributed by atoms with van der Waals surface area (Å²) in [5.74, 6) is 1.74. The van der Waals surface area contributed by atoms with Crippen LogP contribution in [0.4, 0.5) is 0 Å². The Morgan fingerprint density at radius 2 is 1.83 bits per heavy atom. The molecule has 1 fully saturated rings. The predicted molar refractivity (Wildman–Crippen MR) is 137 cm³/mol. The molecule has 5 rings (SSSR count). The normalized spacial score (nSPS) is 23.9. The van der Waals surface area contributed by atoms with E-state index in [0.717, 1.165) is 42.3 Å². The first-order valence-corrected chi connectivity index (χ1v) is 12.6. The molecular weight excluding hydrogens is 456 g/mol. The summed E-state index contributed by atoms with van der Waals surface area (Å²) >= 11 is 0. The first-order valence-electron chi connectivity index (χ1n) is 12.6. The van der Waals surface area contributed by atoms with Gasteiger partial charge in [0, 0.05) is 11.6 Å². The standard InChI is InChI=1S/C28H34N4O4/c1-18-12-14-20(15-13-18)29-27(34)28(2)17-31-22-10-6-5-9-21(22)30-25(31)26(33)32(28)16-19-8-7-11-23(35-3)24(19)36-4/h5-11,18,20H,12-17H2,1-4H3,(H,29,34)/t18?,20?,28-/m1/s1. The minimum atomic E-state index is -1.12. The maximum Gasteiger partial charge on any atom is 0.291 e. The van der Waals surface area contributed by atoms with E-state index in [2.05, 4.69) is 17.2 Å². The number of rotatable bonds is 6. The molecule has 190 valence electrons. The number of amides is 2. The quantitative estimate of drug-likeness (QED) is 0.561. The van der Waals surface area contributed by atoms with Crippen LogP contribution in [0.15, 0.2) is 42.5 Å². The van der Waals surface area contributed by atoms with Crippen molar-refractivity contribution in [2.75, 3.05) is 14.2 Å². The summed E-state index contributed by atoms with van der Waals surface area (Å²) in [5, 5.41) is 3.29. The lowest BCUT2D eigenvalue weighted by Gasteiger charge is -2.44. The van der Waals surface area contributed by atoms with Crippen molar-refractivity contribution in [3.05, 3.63) is 53.9 Å². The first-order chi connectivity index (χ1) is 17.4. The van der Waals surface area contributed by atoms with Gasteiger partial charge in [-0.2, -0.15) is 0 Å². The van der Waals surface area contributed by atoms with E-state index in [9.17, 15) is 9.59 Å². The molecule has 0 unspecified atom stereocenters. The van der Waals surface area contributed by atoms with E-state index in [1.54, 1.807) is 19.1 Å². The van der Waals surface area contributed by atoms with Crippen LogP contribution in [0, 0.1) is 5.92 Å². The monoisotopic (exact) mass is 490 g/mol. The van der Waals surface area contributed by atoms with Gasteiger partial charge in [0.05, 0.1) is 38.3 Å². The molecule has 8 nitrogen and oxygen atoms in total. The van der Waals surface area contributed by atoms with Gasteiger partial charge in [-0.3, -0.25) is 9.59 Å². The molecule has 1 atom stereocenters. The van der Waals surface area contributed by atoms with Crippen molar-refractivity contribution >= 4 is 22.8 Å². The van der Waals surface area contributed by atoms with Crippen molar-refractivity contribution < 1.29 is 19.1 Å². The van der Waals surface area contributed by atoms with Crippen molar-refractivity contribution in [3.8, 4) is 11.5 Å². The lowest BCUT2D eigenvalue weighted by Crippen LogP contribution is -2.64. The number of imidazole rings is 1. The average Bonchev–Trinajstić information content (AvgIpc) is 3.26.